The Morgan fingerprint density at radius 1 is 0.949 bits per heavy atom. The fourth-order valence-electron chi connectivity index (χ4n) is 7.63. The molecule has 4 fully saturated rings. The Morgan fingerprint density at radius 2 is 1.56 bits per heavy atom. The van der Waals surface area contributed by atoms with Crippen LogP contribution in [0.1, 0.15) is 132 Å². The molecule has 3 aromatic rings. The van der Waals surface area contributed by atoms with Crippen LogP contribution < -0.4 is 9.64 Å². The van der Waals surface area contributed by atoms with Crippen molar-refractivity contribution in [2.24, 2.45) is 0 Å². The lowest BCUT2D eigenvalue weighted by Crippen LogP contribution is -2.36. The molecule has 4 atom stereocenters. The number of anilines is 1. The first-order chi connectivity index (χ1) is 28.3. The number of pyridine rings is 1. The van der Waals surface area contributed by atoms with E-state index in [1.165, 1.54) is 65.0 Å². The number of ether oxygens (including phenoxy) is 1. The van der Waals surface area contributed by atoms with Crippen LogP contribution in [0, 0.1) is 13.8 Å². The van der Waals surface area contributed by atoms with Crippen LogP contribution in [0.3, 0.4) is 0 Å². The SMILES string of the molecule is C=CC(=O)N1CCC(N(C)c2nc(OC)nc3c(C)c(-c4cccc(C)c4C(C)(C)F)ncc23)C1.CC.CC.CC.CC.CC.CN1CCC1.PC1CC2CCCN2C1. The molecule has 2 aromatic heterocycles. The van der Waals surface area contributed by atoms with E-state index >= 15 is 4.39 Å². The summed E-state index contributed by atoms with van der Waals surface area (Å²) in [5.41, 5.74) is 3.81. The predicted octanol–water partition coefficient (Wildman–Crippen LogP) is 11.3. The first kappa shape index (κ1) is 55.8. The summed E-state index contributed by atoms with van der Waals surface area (Å²) < 4.78 is 20.7. The molecule has 336 valence electrons. The van der Waals surface area contributed by atoms with E-state index in [1.54, 1.807) is 24.9 Å². The summed E-state index contributed by atoms with van der Waals surface area (Å²) in [5, 5.41) is 0.775. The Hall–Kier alpha value is -3.20. The van der Waals surface area contributed by atoms with Gasteiger partial charge in [0, 0.05) is 61.7 Å². The summed E-state index contributed by atoms with van der Waals surface area (Å²) in [5.74, 6) is 0.611. The van der Waals surface area contributed by atoms with E-state index in [-0.39, 0.29) is 18.0 Å². The lowest BCUT2D eigenvalue weighted by atomic mass is 9.87. The van der Waals surface area contributed by atoms with Crippen molar-refractivity contribution >= 4 is 31.9 Å². The molecule has 7 rings (SSSR count). The normalized spacial score (nSPS) is 18.8. The third-order valence-electron chi connectivity index (χ3n) is 10.4. The molecule has 4 aliphatic rings. The predicted molar refractivity (Wildman–Crippen MR) is 258 cm³/mol. The molecule has 4 aliphatic heterocycles. The summed E-state index contributed by atoms with van der Waals surface area (Å²) in [6, 6.07) is 7.02. The minimum atomic E-state index is -1.53. The Balaban J connectivity index is 0.00000114. The monoisotopic (exact) mass is 842 g/mol. The second-order valence-corrected chi connectivity index (χ2v) is 15.4. The van der Waals surface area contributed by atoms with Gasteiger partial charge in [0.1, 0.15) is 11.5 Å². The number of aromatic nitrogens is 3. The van der Waals surface area contributed by atoms with E-state index in [4.69, 9.17) is 9.72 Å². The van der Waals surface area contributed by atoms with Crippen molar-refractivity contribution in [2.45, 2.75) is 152 Å². The number of likely N-dealkylation sites (N-methyl/N-ethyl adjacent to an activating group) is 1. The standard InChI is InChI=1S/C27H32FN5O2.C7H14NP.C4H9N.5C2H6/c1-8-21(34)33-13-12-18(15-33)32(6)25-20-14-29-23(17(3)24(20)30-26(31-25)35-7)19-11-9-10-16(2)22(19)27(4,5)28;9-7-4-6-2-1-3-8(6)5-7;1-5-3-2-4-5;5*1-2/h8-11,14,18H,1,12-13,15H2,2-7H3;6-7H,1-5,9H2;2-4H2,1H3;5*1-2H3. The number of rotatable bonds is 6. The zero-order valence-electron chi connectivity index (χ0n) is 40.5. The van der Waals surface area contributed by atoms with Gasteiger partial charge in [0.2, 0.25) is 5.91 Å². The van der Waals surface area contributed by atoms with Gasteiger partial charge < -0.3 is 19.4 Å². The minimum Gasteiger partial charge on any atom is -0.467 e. The number of alkyl halides is 1. The summed E-state index contributed by atoms with van der Waals surface area (Å²) in [7, 11) is 8.58. The van der Waals surface area contributed by atoms with Crippen LogP contribution in [0.25, 0.3) is 22.2 Å². The molecule has 0 radical (unpaired) electrons. The van der Waals surface area contributed by atoms with Crippen molar-refractivity contribution in [1.82, 2.24) is 29.7 Å². The van der Waals surface area contributed by atoms with E-state index in [2.05, 4.69) is 47.5 Å². The molecule has 0 N–H and O–H groups in total. The van der Waals surface area contributed by atoms with Gasteiger partial charge in [-0.1, -0.05) is 94.0 Å². The number of likely N-dealkylation sites (tertiary alicyclic amines) is 2. The van der Waals surface area contributed by atoms with E-state index in [0.717, 1.165) is 40.2 Å². The molecule has 0 spiro atoms. The average Bonchev–Trinajstić information content (AvgIpc) is 4.01. The van der Waals surface area contributed by atoms with Gasteiger partial charge in [-0.15, -0.1) is 9.24 Å². The molecule has 9 nitrogen and oxygen atoms in total. The molecule has 1 amide bonds. The number of carbonyl (C=O) groups excluding carboxylic acids is 1. The Bertz CT molecular complexity index is 1630. The number of aryl methyl sites for hydroxylation is 2. The van der Waals surface area contributed by atoms with Gasteiger partial charge in [-0.3, -0.25) is 14.7 Å². The number of methoxy groups -OCH3 is 1. The van der Waals surface area contributed by atoms with Crippen LogP contribution in [0.4, 0.5) is 10.2 Å². The van der Waals surface area contributed by atoms with Gasteiger partial charge in [0.25, 0.3) is 0 Å². The Morgan fingerprint density at radius 3 is 2.07 bits per heavy atom. The second kappa shape index (κ2) is 29.1. The maximum absolute atomic E-state index is 15.2. The number of fused-ring (bicyclic) bond motifs is 2. The van der Waals surface area contributed by atoms with Gasteiger partial charge in [-0.05, 0) is 104 Å². The first-order valence-corrected chi connectivity index (χ1v) is 23.3. The topological polar surface area (TPSA) is 77.9 Å². The maximum Gasteiger partial charge on any atom is 0.318 e. The molecule has 59 heavy (non-hydrogen) atoms. The molecule has 0 saturated carbocycles. The number of hydrogen-bond acceptors (Lipinski definition) is 8. The quantitative estimate of drug-likeness (QED) is 0.179. The third-order valence-corrected chi connectivity index (χ3v) is 10.9. The molecule has 0 bridgehead atoms. The zero-order chi connectivity index (χ0) is 45.5. The van der Waals surface area contributed by atoms with Crippen LogP contribution in [0.15, 0.2) is 37.1 Å². The number of amides is 1. The van der Waals surface area contributed by atoms with Crippen LogP contribution >= 0.6 is 9.24 Å². The molecule has 0 aliphatic carbocycles. The summed E-state index contributed by atoms with van der Waals surface area (Å²) >= 11 is 0. The lowest BCUT2D eigenvalue weighted by Gasteiger charge is -2.27. The minimum absolute atomic E-state index is 0.0714. The molecular weight excluding hydrogens is 757 g/mol. The highest BCUT2D eigenvalue weighted by molar-refractivity contribution is 7.17. The highest BCUT2D eigenvalue weighted by Gasteiger charge is 2.33. The number of carbonyl (C=O) groups is 1. The van der Waals surface area contributed by atoms with Crippen molar-refractivity contribution in [2.75, 3.05) is 65.4 Å². The first-order valence-electron chi connectivity index (χ1n) is 22.6. The van der Waals surface area contributed by atoms with Gasteiger partial charge >= 0.3 is 6.01 Å². The third kappa shape index (κ3) is 15.7. The molecule has 1 aromatic carbocycles. The van der Waals surface area contributed by atoms with E-state index in [1.807, 2.05) is 108 Å². The number of halogens is 1. The summed E-state index contributed by atoms with van der Waals surface area (Å²) in [4.78, 5) is 34.9. The number of benzene rings is 1. The van der Waals surface area contributed by atoms with Gasteiger partial charge in [0.15, 0.2) is 0 Å². The van der Waals surface area contributed by atoms with Crippen LogP contribution in [-0.4, -0.2) is 114 Å². The second-order valence-electron chi connectivity index (χ2n) is 14.5. The summed E-state index contributed by atoms with van der Waals surface area (Å²) in [6.07, 6.45) is 9.67. The molecular formula is C48H85FN7O2P. The lowest BCUT2D eigenvalue weighted by molar-refractivity contribution is -0.125. The van der Waals surface area contributed by atoms with Gasteiger partial charge in [-0.25, -0.2) is 4.39 Å². The van der Waals surface area contributed by atoms with Gasteiger partial charge in [0.05, 0.1) is 23.7 Å². The van der Waals surface area contributed by atoms with Crippen LogP contribution in [0.5, 0.6) is 6.01 Å². The van der Waals surface area contributed by atoms with Crippen molar-refractivity contribution < 1.29 is 13.9 Å². The van der Waals surface area contributed by atoms with Crippen molar-refractivity contribution in [1.29, 1.82) is 0 Å². The highest BCUT2D eigenvalue weighted by Crippen LogP contribution is 2.39. The van der Waals surface area contributed by atoms with Crippen molar-refractivity contribution in [3.63, 3.8) is 0 Å². The van der Waals surface area contributed by atoms with Crippen molar-refractivity contribution in [3.05, 3.63) is 53.7 Å². The zero-order valence-corrected chi connectivity index (χ0v) is 41.7. The average molecular weight is 842 g/mol. The maximum atomic E-state index is 15.2. The highest BCUT2D eigenvalue weighted by atomic mass is 31.0. The molecule has 11 heteroatoms. The molecule has 4 saturated heterocycles. The fourth-order valence-corrected chi connectivity index (χ4v) is 8.21. The molecule has 6 heterocycles. The number of nitrogens with zero attached hydrogens (tertiary/aromatic N) is 7. The van der Waals surface area contributed by atoms with E-state index < -0.39 is 5.67 Å². The smallest absolute Gasteiger partial charge is 0.318 e. The largest absolute Gasteiger partial charge is 0.467 e. The number of hydrogen-bond donors (Lipinski definition) is 0. The van der Waals surface area contributed by atoms with Crippen LogP contribution in [0.2, 0.25) is 0 Å². The Kier molecular flexibility index (Phi) is 27.5. The molecule has 4 unspecified atom stereocenters. The Labute approximate surface area is 363 Å². The van der Waals surface area contributed by atoms with Crippen molar-refractivity contribution in [3.8, 4) is 17.3 Å². The van der Waals surface area contributed by atoms with E-state index in [0.29, 0.717) is 35.7 Å². The summed E-state index contributed by atoms with van der Waals surface area (Å²) in [6.45, 7) is 37.2. The van der Waals surface area contributed by atoms with Gasteiger partial charge in [-0.2, -0.15) is 9.97 Å². The van der Waals surface area contributed by atoms with Crippen LogP contribution in [-0.2, 0) is 10.5 Å². The van der Waals surface area contributed by atoms with E-state index in [9.17, 15) is 4.79 Å². The fraction of sp³-hybridized carbons (Fsp3) is 0.667.